The minimum absolute atomic E-state index is 0.355. The van der Waals surface area contributed by atoms with Crippen molar-refractivity contribution in [1.82, 2.24) is 4.98 Å². The van der Waals surface area contributed by atoms with Crippen molar-refractivity contribution in [2.24, 2.45) is 4.99 Å². The second-order valence-corrected chi connectivity index (χ2v) is 10.2. The van der Waals surface area contributed by atoms with E-state index in [9.17, 15) is 0 Å². The van der Waals surface area contributed by atoms with Crippen LogP contribution in [0.25, 0.3) is 10.9 Å². The molecule has 1 heterocycles. The number of benzene rings is 2. The molecule has 0 spiro atoms. The fourth-order valence-corrected chi connectivity index (χ4v) is 4.06. The van der Waals surface area contributed by atoms with Crippen LogP contribution in [0.2, 0.25) is 5.02 Å². The van der Waals surface area contributed by atoms with Crippen molar-refractivity contribution >= 4 is 28.2 Å². The molecule has 0 radical (unpaired) electrons. The Hall–Kier alpha value is -2.58. The summed E-state index contributed by atoms with van der Waals surface area (Å²) in [5, 5.41) is 2.09. The fraction of sp³-hybridized carbons (Fsp3) is 0.424. The smallest absolute Gasteiger partial charge is 0.0460 e. The van der Waals surface area contributed by atoms with E-state index in [1.165, 1.54) is 63.8 Å². The number of H-pyrrole nitrogens is 1. The number of allylic oxidation sites excluding steroid dienone is 2. The molecule has 3 aromatic rings. The Bertz CT molecular complexity index is 1110. The minimum atomic E-state index is 0.355. The van der Waals surface area contributed by atoms with Gasteiger partial charge in [0.25, 0.3) is 0 Å². The summed E-state index contributed by atoms with van der Waals surface area (Å²) in [6.07, 6.45) is 9.59. The van der Waals surface area contributed by atoms with Gasteiger partial charge in [-0.15, -0.1) is 6.58 Å². The number of hydrogen-bond donors (Lipinski definition) is 1. The second kappa shape index (κ2) is 17.0. The van der Waals surface area contributed by atoms with Crippen molar-refractivity contribution in [3.05, 3.63) is 94.3 Å². The van der Waals surface area contributed by atoms with Crippen LogP contribution in [0, 0.1) is 6.92 Å². The van der Waals surface area contributed by atoms with Crippen LogP contribution in [0.15, 0.2) is 71.9 Å². The molecule has 2 aromatic carbocycles. The van der Waals surface area contributed by atoms with Crippen LogP contribution in [-0.4, -0.2) is 10.7 Å². The number of aliphatic imine (C=N–C) groups is 1. The molecular weight excluding hydrogens is 460 g/mol. The molecule has 0 bridgehead atoms. The normalized spacial score (nSPS) is 12.1. The van der Waals surface area contributed by atoms with Crippen molar-refractivity contribution in [2.75, 3.05) is 0 Å². The van der Waals surface area contributed by atoms with Gasteiger partial charge in [-0.25, -0.2) is 0 Å². The van der Waals surface area contributed by atoms with Crippen molar-refractivity contribution in [2.45, 2.75) is 93.4 Å². The summed E-state index contributed by atoms with van der Waals surface area (Å²) in [4.78, 5) is 7.82. The zero-order chi connectivity index (χ0) is 27.1. The third kappa shape index (κ3) is 11.0. The van der Waals surface area contributed by atoms with E-state index >= 15 is 0 Å². The van der Waals surface area contributed by atoms with E-state index in [0.717, 1.165) is 17.9 Å². The molecule has 0 saturated carbocycles. The summed E-state index contributed by atoms with van der Waals surface area (Å²) in [6.45, 7) is 20.4. The van der Waals surface area contributed by atoms with Gasteiger partial charge in [0.1, 0.15) is 0 Å². The van der Waals surface area contributed by atoms with Crippen molar-refractivity contribution in [1.29, 1.82) is 0 Å². The van der Waals surface area contributed by atoms with Gasteiger partial charge in [0.15, 0.2) is 0 Å². The molecule has 0 fully saturated rings. The van der Waals surface area contributed by atoms with Gasteiger partial charge < -0.3 is 4.98 Å². The molecular formula is C33H47ClN2. The highest BCUT2D eigenvalue weighted by atomic mass is 35.5. The van der Waals surface area contributed by atoms with E-state index < -0.39 is 0 Å². The lowest BCUT2D eigenvalue weighted by Crippen LogP contribution is -2.01. The zero-order valence-electron chi connectivity index (χ0n) is 23.8. The topological polar surface area (TPSA) is 28.1 Å². The second-order valence-electron chi connectivity index (χ2n) is 9.75. The van der Waals surface area contributed by atoms with Crippen LogP contribution in [0.5, 0.6) is 0 Å². The van der Waals surface area contributed by atoms with Gasteiger partial charge in [0.05, 0.1) is 0 Å². The third-order valence-electron chi connectivity index (χ3n) is 5.75. The van der Waals surface area contributed by atoms with Crippen LogP contribution in [0.3, 0.4) is 0 Å². The van der Waals surface area contributed by atoms with E-state index in [4.69, 9.17) is 11.6 Å². The average molecular weight is 507 g/mol. The molecule has 0 aliphatic rings. The molecule has 196 valence electrons. The number of nitrogens with one attached hydrogen (secondary N) is 1. The Morgan fingerprint density at radius 1 is 1.06 bits per heavy atom. The Morgan fingerprint density at radius 3 is 2.25 bits per heavy atom. The molecule has 36 heavy (non-hydrogen) atoms. The number of unbranched alkanes of at least 4 members (excludes halogenated alkanes) is 1. The molecule has 1 atom stereocenters. The Kier molecular flexibility index (Phi) is 14.8. The highest BCUT2D eigenvalue weighted by molar-refractivity contribution is 6.31. The number of fused-ring (bicyclic) bond motifs is 1. The number of nitrogens with zero attached hydrogens (tertiary/aromatic N) is 1. The van der Waals surface area contributed by atoms with E-state index in [1.54, 1.807) is 0 Å². The van der Waals surface area contributed by atoms with E-state index in [1.807, 2.05) is 39.1 Å². The Morgan fingerprint density at radius 2 is 1.69 bits per heavy atom. The molecule has 3 rings (SSSR count). The number of hydrogen-bond acceptors (Lipinski definition) is 1. The predicted molar refractivity (Wildman–Crippen MR) is 164 cm³/mol. The van der Waals surface area contributed by atoms with E-state index in [2.05, 4.69) is 87.6 Å². The van der Waals surface area contributed by atoms with Crippen molar-refractivity contribution < 1.29 is 0 Å². The predicted octanol–water partition coefficient (Wildman–Crippen LogP) is 11.0. The highest BCUT2D eigenvalue weighted by Crippen LogP contribution is 2.34. The molecule has 0 aliphatic heterocycles. The van der Waals surface area contributed by atoms with Gasteiger partial charge in [-0.3, -0.25) is 4.99 Å². The molecule has 0 aliphatic carbocycles. The third-order valence-corrected chi connectivity index (χ3v) is 5.98. The molecule has 1 unspecified atom stereocenters. The average Bonchev–Trinajstić information content (AvgIpc) is 3.19. The van der Waals surface area contributed by atoms with Crippen LogP contribution in [0.4, 0.5) is 0 Å². The van der Waals surface area contributed by atoms with Gasteiger partial charge in [-0.1, -0.05) is 86.7 Å². The van der Waals surface area contributed by atoms with E-state index in [0.29, 0.717) is 5.92 Å². The summed E-state index contributed by atoms with van der Waals surface area (Å²) in [6, 6.07) is 15.0. The highest BCUT2D eigenvalue weighted by Gasteiger charge is 2.18. The standard InChI is InChI=1S/C21H24ClN.C8H15N.C4H8/c1-4-5-6-18-19-13-17(22)11-12-20(19)23-21(18)15(3)16-9-7-14(2)8-10-16;1-4-6-8(3)9-7-5-2;1-4(2)3/h7-13,15,23H,4-6H2,1-3H3;5,7H,4,6H2,1-3H3;1H2,2-3H3/b;7-5-,9-8?;. The summed E-state index contributed by atoms with van der Waals surface area (Å²) in [5.74, 6) is 0.355. The molecule has 1 aromatic heterocycles. The van der Waals surface area contributed by atoms with Gasteiger partial charge in [0, 0.05) is 39.4 Å². The number of rotatable bonds is 8. The Balaban J connectivity index is 0.000000416. The maximum atomic E-state index is 6.23. The lowest BCUT2D eigenvalue weighted by atomic mass is 9.92. The summed E-state index contributed by atoms with van der Waals surface area (Å²) >= 11 is 6.23. The molecule has 0 saturated heterocycles. The summed E-state index contributed by atoms with van der Waals surface area (Å²) in [5.41, 5.74) is 8.99. The molecule has 0 amide bonds. The first-order valence-corrected chi connectivity index (χ1v) is 13.6. The molecule has 1 N–H and O–H groups in total. The number of halogens is 1. The van der Waals surface area contributed by atoms with Crippen LogP contribution in [0.1, 0.15) is 102 Å². The molecule has 2 nitrogen and oxygen atoms in total. The largest absolute Gasteiger partial charge is 0.358 e. The first-order valence-electron chi connectivity index (χ1n) is 13.3. The fourth-order valence-electron chi connectivity index (χ4n) is 3.88. The first-order chi connectivity index (χ1) is 17.1. The van der Waals surface area contributed by atoms with Gasteiger partial charge in [0.2, 0.25) is 0 Å². The maximum absolute atomic E-state index is 6.23. The summed E-state index contributed by atoms with van der Waals surface area (Å²) < 4.78 is 0. The van der Waals surface area contributed by atoms with Crippen molar-refractivity contribution in [3.8, 4) is 0 Å². The number of aryl methyl sites for hydroxylation is 2. The van der Waals surface area contributed by atoms with Gasteiger partial charge in [-0.05, 0) is 83.2 Å². The van der Waals surface area contributed by atoms with Crippen molar-refractivity contribution in [3.63, 3.8) is 0 Å². The van der Waals surface area contributed by atoms with Gasteiger partial charge in [-0.2, -0.15) is 0 Å². The first kappa shape index (κ1) is 31.4. The monoisotopic (exact) mass is 506 g/mol. The number of aromatic nitrogens is 1. The summed E-state index contributed by atoms with van der Waals surface area (Å²) in [7, 11) is 0. The van der Waals surface area contributed by atoms with Gasteiger partial charge >= 0.3 is 0 Å². The molecule has 3 heteroatoms. The van der Waals surface area contributed by atoms with Crippen LogP contribution >= 0.6 is 11.6 Å². The number of aromatic amines is 1. The minimum Gasteiger partial charge on any atom is -0.358 e. The lowest BCUT2D eigenvalue weighted by molar-refractivity contribution is 0.775. The zero-order valence-corrected chi connectivity index (χ0v) is 24.6. The quantitative estimate of drug-likeness (QED) is 0.232. The maximum Gasteiger partial charge on any atom is 0.0460 e. The SMILES string of the molecule is C/C=C\N=C(C)CCC.C=C(C)C.CCCCc1c(C(C)c2ccc(C)cc2)[nH]c2ccc(Cl)cc12. The van der Waals surface area contributed by atoms with Crippen LogP contribution < -0.4 is 0 Å². The van der Waals surface area contributed by atoms with E-state index in [-0.39, 0.29) is 0 Å². The van der Waals surface area contributed by atoms with Crippen LogP contribution in [-0.2, 0) is 6.42 Å². The Labute approximate surface area is 225 Å². The lowest BCUT2D eigenvalue weighted by Gasteiger charge is -2.14.